The molecule has 1 heterocycles. The van der Waals surface area contributed by atoms with Crippen molar-refractivity contribution >= 4 is 11.8 Å². The van der Waals surface area contributed by atoms with Gasteiger partial charge in [-0.1, -0.05) is 31.0 Å². The molecule has 4 rings (SSSR count). The fourth-order valence-corrected chi connectivity index (χ4v) is 4.76. The Bertz CT molecular complexity index is 975. The predicted octanol–water partition coefficient (Wildman–Crippen LogP) is 3.86. The zero-order valence-corrected chi connectivity index (χ0v) is 18.8. The van der Waals surface area contributed by atoms with Crippen molar-refractivity contribution in [1.82, 2.24) is 10.2 Å². The Hall–Kier alpha value is -3.22. The quantitative estimate of drug-likeness (QED) is 0.677. The van der Waals surface area contributed by atoms with Crippen molar-refractivity contribution in [3.8, 4) is 17.2 Å². The molecular weight excluding hydrogens is 408 g/mol. The Morgan fingerprint density at radius 2 is 1.72 bits per heavy atom. The third-order valence-electron chi connectivity index (χ3n) is 6.40. The molecular formula is C25H30N2O5. The topological polar surface area (TPSA) is 77.1 Å². The molecule has 1 fully saturated rings. The average molecular weight is 439 g/mol. The zero-order chi connectivity index (χ0) is 22.7. The first-order valence-corrected chi connectivity index (χ1v) is 11.0. The first kappa shape index (κ1) is 22.0. The van der Waals surface area contributed by atoms with E-state index in [-0.39, 0.29) is 24.3 Å². The molecule has 1 N–H and O–H groups in total. The number of hydrogen-bond acceptors (Lipinski definition) is 5. The van der Waals surface area contributed by atoms with Crippen LogP contribution in [0.5, 0.6) is 17.2 Å². The number of hydrogen-bond donors (Lipinski definition) is 1. The highest BCUT2D eigenvalue weighted by Crippen LogP contribution is 2.43. The summed E-state index contributed by atoms with van der Waals surface area (Å²) in [7, 11) is 4.66. The number of amides is 2. The number of nitrogens with one attached hydrogen (secondary N) is 1. The van der Waals surface area contributed by atoms with Gasteiger partial charge in [-0.3, -0.25) is 9.59 Å². The van der Waals surface area contributed by atoms with Crippen LogP contribution in [0.1, 0.15) is 59.6 Å². The van der Waals surface area contributed by atoms with E-state index in [1.807, 2.05) is 36.4 Å². The van der Waals surface area contributed by atoms with Gasteiger partial charge in [0.2, 0.25) is 11.7 Å². The SMILES string of the molecule is COc1cc([C@H](CC(=O)NC2CCCC2)N2Cc3ccccc3C2=O)cc(OC)c1OC. The first-order valence-electron chi connectivity index (χ1n) is 11.0. The monoisotopic (exact) mass is 438 g/mol. The standard InChI is InChI=1S/C25H30N2O5/c1-30-21-12-17(13-22(31-2)24(21)32-3)20(14-23(28)26-18-9-5-6-10-18)27-15-16-8-4-7-11-19(16)25(27)29/h4,7-8,11-13,18,20H,5-6,9-10,14-15H2,1-3H3,(H,26,28)/t20-/m0/s1. The van der Waals surface area contributed by atoms with Gasteiger partial charge in [-0.2, -0.15) is 0 Å². The maximum Gasteiger partial charge on any atom is 0.255 e. The Kier molecular flexibility index (Phi) is 6.53. The van der Waals surface area contributed by atoms with E-state index in [2.05, 4.69) is 5.32 Å². The van der Waals surface area contributed by atoms with E-state index in [0.29, 0.717) is 29.4 Å². The molecule has 0 aromatic heterocycles. The van der Waals surface area contributed by atoms with Gasteiger partial charge < -0.3 is 24.4 Å². The van der Waals surface area contributed by atoms with E-state index in [0.717, 1.165) is 36.8 Å². The molecule has 1 atom stereocenters. The molecule has 7 heteroatoms. The summed E-state index contributed by atoms with van der Waals surface area (Å²) in [6.45, 7) is 0.451. The van der Waals surface area contributed by atoms with E-state index in [1.165, 1.54) is 0 Å². The van der Waals surface area contributed by atoms with Crippen LogP contribution in [-0.4, -0.2) is 44.1 Å². The normalized spacial score (nSPS) is 16.6. The summed E-state index contributed by atoms with van der Waals surface area (Å²) >= 11 is 0. The molecule has 1 aliphatic heterocycles. The Morgan fingerprint density at radius 1 is 1.06 bits per heavy atom. The molecule has 32 heavy (non-hydrogen) atoms. The molecule has 1 aliphatic carbocycles. The van der Waals surface area contributed by atoms with Gasteiger partial charge in [-0.15, -0.1) is 0 Å². The first-order chi connectivity index (χ1) is 15.5. The smallest absolute Gasteiger partial charge is 0.255 e. The van der Waals surface area contributed by atoms with Gasteiger partial charge in [-0.25, -0.2) is 0 Å². The van der Waals surface area contributed by atoms with Gasteiger partial charge in [0.15, 0.2) is 11.5 Å². The molecule has 2 amide bonds. The van der Waals surface area contributed by atoms with Crippen LogP contribution >= 0.6 is 0 Å². The second-order valence-electron chi connectivity index (χ2n) is 8.32. The Morgan fingerprint density at radius 3 is 2.31 bits per heavy atom. The highest BCUT2D eigenvalue weighted by molar-refractivity contribution is 5.99. The molecule has 0 saturated heterocycles. The molecule has 2 aromatic carbocycles. The van der Waals surface area contributed by atoms with Crippen molar-refractivity contribution < 1.29 is 23.8 Å². The van der Waals surface area contributed by atoms with E-state index >= 15 is 0 Å². The average Bonchev–Trinajstić information content (AvgIpc) is 3.44. The van der Waals surface area contributed by atoms with Crippen molar-refractivity contribution in [3.05, 3.63) is 53.1 Å². The lowest BCUT2D eigenvalue weighted by Crippen LogP contribution is -2.37. The fourth-order valence-electron chi connectivity index (χ4n) is 4.76. The van der Waals surface area contributed by atoms with Gasteiger partial charge in [0, 0.05) is 18.2 Å². The van der Waals surface area contributed by atoms with Crippen molar-refractivity contribution in [2.75, 3.05) is 21.3 Å². The number of rotatable bonds is 8. The second kappa shape index (κ2) is 9.51. The lowest BCUT2D eigenvalue weighted by molar-refractivity contribution is -0.122. The minimum atomic E-state index is -0.468. The van der Waals surface area contributed by atoms with Crippen molar-refractivity contribution in [1.29, 1.82) is 0 Å². The number of nitrogens with zero attached hydrogens (tertiary/aromatic N) is 1. The lowest BCUT2D eigenvalue weighted by atomic mass is 9.99. The van der Waals surface area contributed by atoms with Gasteiger partial charge in [-0.05, 0) is 42.2 Å². The summed E-state index contributed by atoms with van der Waals surface area (Å²) in [5, 5.41) is 3.15. The minimum absolute atomic E-state index is 0.0561. The molecule has 2 aliphatic rings. The third-order valence-corrected chi connectivity index (χ3v) is 6.40. The molecule has 0 bridgehead atoms. The summed E-state index contributed by atoms with van der Waals surface area (Å²) in [6, 6.07) is 11.0. The number of carbonyl (C=O) groups excluding carboxylic acids is 2. The van der Waals surface area contributed by atoms with Crippen LogP contribution in [0.4, 0.5) is 0 Å². The summed E-state index contributed by atoms with van der Waals surface area (Å²) in [5.74, 6) is 1.33. The highest BCUT2D eigenvalue weighted by atomic mass is 16.5. The largest absolute Gasteiger partial charge is 0.493 e. The van der Waals surface area contributed by atoms with Crippen LogP contribution in [0, 0.1) is 0 Å². The van der Waals surface area contributed by atoms with E-state index in [4.69, 9.17) is 14.2 Å². The van der Waals surface area contributed by atoms with Crippen LogP contribution in [0.3, 0.4) is 0 Å². The summed E-state index contributed by atoms with van der Waals surface area (Å²) in [6.07, 6.45) is 4.46. The third kappa shape index (κ3) is 4.24. The second-order valence-corrected chi connectivity index (χ2v) is 8.32. The zero-order valence-electron chi connectivity index (χ0n) is 18.8. The van der Waals surface area contributed by atoms with Gasteiger partial charge in [0.25, 0.3) is 5.91 Å². The molecule has 1 saturated carbocycles. The number of methoxy groups -OCH3 is 3. The number of benzene rings is 2. The number of ether oxygens (including phenoxy) is 3. The molecule has 0 spiro atoms. The highest BCUT2D eigenvalue weighted by Gasteiger charge is 2.35. The predicted molar refractivity (Wildman–Crippen MR) is 120 cm³/mol. The Balaban J connectivity index is 1.69. The summed E-state index contributed by atoms with van der Waals surface area (Å²) in [4.78, 5) is 28.1. The fraction of sp³-hybridized carbons (Fsp3) is 0.440. The van der Waals surface area contributed by atoms with Gasteiger partial charge >= 0.3 is 0 Å². The van der Waals surface area contributed by atoms with Crippen molar-refractivity contribution in [2.24, 2.45) is 0 Å². The minimum Gasteiger partial charge on any atom is -0.493 e. The summed E-state index contributed by atoms with van der Waals surface area (Å²) in [5.41, 5.74) is 2.41. The Labute approximate surface area is 188 Å². The van der Waals surface area contributed by atoms with Crippen LogP contribution in [0.15, 0.2) is 36.4 Å². The van der Waals surface area contributed by atoms with Crippen LogP contribution < -0.4 is 19.5 Å². The van der Waals surface area contributed by atoms with E-state index in [1.54, 1.807) is 26.2 Å². The molecule has 0 radical (unpaired) electrons. The molecule has 2 aromatic rings. The van der Waals surface area contributed by atoms with Crippen LogP contribution in [0.2, 0.25) is 0 Å². The van der Waals surface area contributed by atoms with Crippen LogP contribution in [0.25, 0.3) is 0 Å². The van der Waals surface area contributed by atoms with E-state index in [9.17, 15) is 9.59 Å². The van der Waals surface area contributed by atoms with Gasteiger partial charge in [0.05, 0.1) is 33.8 Å². The summed E-state index contributed by atoms with van der Waals surface area (Å²) < 4.78 is 16.5. The molecule has 170 valence electrons. The van der Waals surface area contributed by atoms with Crippen LogP contribution in [-0.2, 0) is 11.3 Å². The maximum atomic E-state index is 13.3. The number of carbonyl (C=O) groups is 2. The molecule has 7 nitrogen and oxygen atoms in total. The number of fused-ring (bicyclic) bond motifs is 1. The van der Waals surface area contributed by atoms with Gasteiger partial charge in [0.1, 0.15) is 0 Å². The van der Waals surface area contributed by atoms with Crippen molar-refractivity contribution in [2.45, 2.75) is 50.7 Å². The van der Waals surface area contributed by atoms with Crippen molar-refractivity contribution in [3.63, 3.8) is 0 Å². The lowest BCUT2D eigenvalue weighted by Gasteiger charge is -2.29. The maximum absolute atomic E-state index is 13.3. The molecule has 0 unspecified atom stereocenters. The van der Waals surface area contributed by atoms with E-state index < -0.39 is 6.04 Å².